The predicted molar refractivity (Wildman–Crippen MR) is 75.5 cm³/mol. The van der Waals surface area contributed by atoms with Gasteiger partial charge in [0, 0.05) is 6.42 Å². The van der Waals surface area contributed by atoms with Gasteiger partial charge < -0.3 is 19.9 Å². The van der Waals surface area contributed by atoms with Crippen molar-refractivity contribution >= 4 is 11.9 Å². The molecule has 1 saturated carbocycles. The van der Waals surface area contributed by atoms with Crippen molar-refractivity contribution in [1.29, 1.82) is 0 Å². The van der Waals surface area contributed by atoms with Gasteiger partial charge in [0.05, 0.1) is 13.7 Å². The number of rotatable bonds is 8. The Morgan fingerprint density at radius 3 is 2.38 bits per heavy atom. The zero-order chi connectivity index (χ0) is 15.3. The lowest BCUT2D eigenvalue weighted by molar-refractivity contribution is -0.143. The second kappa shape index (κ2) is 6.47. The lowest BCUT2D eigenvalue weighted by Crippen LogP contribution is -2.43. The number of carbonyl (C=O) groups is 2. The monoisotopic (exact) mass is 293 g/mol. The van der Waals surface area contributed by atoms with Crippen molar-refractivity contribution in [2.24, 2.45) is 0 Å². The highest BCUT2D eigenvalue weighted by atomic mass is 16.5. The van der Waals surface area contributed by atoms with Crippen LogP contribution in [0, 0.1) is 0 Å². The topological polar surface area (TPSA) is 84.9 Å². The Hall–Kier alpha value is -2.24. The van der Waals surface area contributed by atoms with Gasteiger partial charge in [0.1, 0.15) is 17.0 Å². The summed E-state index contributed by atoms with van der Waals surface area (Å²) in [6, 6.07) is 7.18. The van der Waals surface area contributed by atoms with Gasteiger partial charge in [0.25, 0.3) is 0 Å². The van der Waals surface area contributed by atoms with Crippen LogP contribution < -0.4 is 14.8 Å². The second-order valence-electron chi connectivity index (χ2n) is 5.06. The number of hydrogen-bond donors (Lipinski definition) is 2. The molecular formula is C15H19NO5. The van der Waals surface area contributed by atoms with Gasteiger partial charge in [-0.3, -0.25) is 4.79 Å². The fourth-order valence-corrected chi connectivity index (χ4v) is 1.94. The van der Waals surface area contributed by atoms with Gasteiger partial charge in [-0.1, -0.05) is 0 Å². The van der Waals surface area contributed by atoms with Crippen LogP contribution in [0.5, 0.6) is 11.5 Å². The molecule has 2 rings (SSSR count). The molecule has 0 unspecified atom stereocenters. The molecule has 0 aliphatic heterocycles. The van der Waals surface area contributed by atoms with Crippen LogP contribution in [0.25, 0.3) is 0 Å². The number of carboxylic acid groups (broad SMARTS) is 1. The molecule has 0 saturated heterocycles. The average Bonchev–Trinajstić information content (AvgIpc) is 3.25. The average molecular weight is 293 g/mol. The Balaban J connectivity index is 1.65. The SMILES string of the molecule is COc1ccc(OCCCC(=O)NC2(C(=O)O)CC2)cc1. The molecule has 21 heavy (non-hydrogen) atoms. The van der Waals surface area contributed by atoms with Crippen molar-refractivity contribution in [1.82, 2.24) is 5.32 Å². The predicted octanol–water partition coefficient (Wildman–Crippen LogP) is 1.59. The molecule has 0 bridgehead atoms. The lowest BCUT2D eigenvalue weighted by Gasteiger charge is -2.12. The van der Waals surface area contributed by atoms with Crippen LogP contribution in [0.4, 0.5) is 0 Å². The first-order valence-corrected chi connectivity index (χ1v) is 6.87. The summed E-state index contributed by atoms with van der Waals surface area (Å²) in [7, 11) is 1.60. The summed E-state index contributed by atoms with van der Waals surface area (Å²) in [5, 5.41) is 11.5. The van der Waals surface area contributed by atoms with E-state index in [0.29, 0.717) is 31.6 Å². The zero-order valence-electron chi connectivity index (χ0n) is 11.9. The van der Waals surface area contributed by atoms with E-state index >= 15 is 0 Å². The molecule has 1 aromatic rings. The van der Waals surface area contributed by atoms with E-state index in [1.807, 2.05) is 0 Å². The third-order valence-corrected chi connectivity index (χ3v) is 3.41. The van der Waals surface area contributed by atoms with Crippen molar-refractivity contribution in [3.63, 3.8) is 0 Å². The summed E-state index contributed by atoms with van der Waals surface area (Å²) >= 11 is 0. The van der Waals surface area contributed by atoms with Crippen molar-refractivity contribution in [3.05, 3.63) is 24.3 Å². The zero-order valence-corrected chi connectivity index (χ0v) is 11.9. The van der Waals surface area contributed by atoms with Crippen LogP contribution in [0.1, 0.15) is 25.7 Å². The minimum atomic E-state index is -1.01. The van der Waals surface area contributed by atoms with Crippen LogP contribution in [-0.4, -0.2) is 36.2 Å². The molecule has 0 heterocycles. The van der Waals surface area contributed by atoms with Crippen LogP contribution in [0.3, 0.4) is 0 Å². The Labute approximate surface area is 123 Å². The largest absolute Gasteiger partial charge is 0.497 e. The van der Waals surface area contributed by atoms with Gasteiger partial charge in [0.2, 0.25) is 5.91 Å². The first-order valence-electron chi connectivity index (χ1n) is 6.87. The molecule has 0 atom stereocenters. The highest BCUT2D eigenvalue weighted by Crippen LogP contribution is 2.35. The highest BCUT2D eigenvalue weighted by molar-refractivity contribution is 5.89. The van der Waals surface area contributed by atoms with Gasteiger partial charge in [-0.05, 0) is 43.5 Å². The van der Waals surface area contributed by atoms with Gasteiger partial charge in [0.15, 0.2) is 0 Å². The summed E-state index contributed by atoms with van der Waals surface area (Å²) < 4.78 is 10.5. The minimum absolute atomic E-state index is 0.242. The Morgan fingerprint density at radius 1 is 1.24 bits per heavy atom. The Morgan fingerprint density at radius 2 is 1.86 bits per heavy atom. The maximum absolute atomic E-state index is 11.7. The van der Waals surface area contributed by atoms with E-state index in [1.54, 1.807) is 31.4 Å². The van der Waals surface area contributed by atoms with Crippen molar-refractivity contribution in [2.75, 3.05) is 13.7 Å². The third-order valence-electron chi connectivity index (χ3n) is 3.41. The molecule has 2 N–H and O–H groups in total. The number of methoxy groups -OCH3 is 1. The molecule has 1 amide bonds. The number of benzene rings is 1. The maximum Gasteiger partial charge on any atom is 0.329 e. The van der Waals surface area contributed by atoms with Crippen LogP contribution in [0.2, 0.25) is 0 Å². The van der Waals surface area contributed by atoms with Crippen molar-refractivity contribution in [2.45, 2.75) is 31.2 Å². The van der Waals surface area contributed by atoms with E-state index in [9.17, 15) is 9.59 Å². The molecule has 0 radical (unpaired) electrons. The molecule has 0 aromatic heterocycles. The number of ether oxygens (including phenoxy) is 2. The lowest BCUT2D eigenvalue weighted by atomic mass is 10.2. The quantitative estimate of drug-likeness (QED) is 0.711. The van der Waals surface area contributed by atoms with E-state index in [2.05, 4.69) is 5.32 Å². The Bertz CT molecular complexity index is 507. The molecule has 6 nitrogen and oxygen atoms in total. The summed E-state index contributed by atoms with van der Waals surface area (Å²) in [5.74, 6) is 0.268. The summed E-state index contributed by atoms with van der Waals surface area (Å²) in [6.07, 6.45) is 1.81. The number of amides is 1. The Kier molecular flexibility index (Phi) is 4.67. The fourth-order valence-electron chi connectivity index (χ4n) is 1.94. The number of hydrogen-bond acceptors (Lipinski definition) is 4. The van der Waals surface area contributed by atoms with Crippen LogP contribution in [0.15, 0.2) is 24.3 Å². The van der Waals surface area contributed by atoms with E-state index in [-0.39, 0.29) is 12.3 Å². The smallest absolute Gasteiger partial charge is 0.329 e. The fraction of sp³-hybridized carbons (Fsp3) is 0.467. The molecule has 0 spiro atoms. The normalized spacial score (nSPS) is 15.1. The summed E-state index contributed by atoms with van der Waals surface area (Å²) in [6.45, 7) is 0.403. The van der Waals surface area contributed by atoms with E-state index in [1.165, 1.54) is 0 Å². The second-order valence-corrected chi connectivity index (χ2v) is 5.06. The van der Waals surface area contributed by atoms with Crippen molar-refractivity contribution in [3.8, 4) is 11.5 Å². The van der Waals surface area contributed by atoms with Crippen LogP contribution in [-0.2, 0) is 9.59 Å². The molecule has 1 fully saturated rings. The number of nitrogens with one attached hydrogen (secondary N) is 1. The maximum atomic E-state index is 11.7. The van der Waals surface area contributed by atoms with Gasteiger partial charge in [-0.2, -0.15) is 0 Å². The summed E-state index contributed by atoms with van der Waals surface area (Å²) in [5.41, 5.74) is -1.01. The van der Waals surface area contributed by atoms with Gasteiger partial charge in [-0.15, -0.1) is 0 Å². The van der Waals surface area contributed by atoms with Gasteiger partial charge in [-0.25, -0.2) is 4.79 Å². The first-order chi connectivity index (χ1) is 10.1. The van der Waals surface area contributed by atoms with E-state index < -0.39 is 11.5 Å². The third kappa shape index (κ3) is 4.11. The van der Waals surface area contributed by atoms with Crippen molar-refractivity contribution < 1.29 is 24.2 Å². The van der Waals surface area contributed by atoms with Crippen LogP contribution >= 0.6 is 0 Å². The molecule has 114 valence electrons. The minimum Gasteiger partial charge on any atom is -0.497 e. The molecule has 1 aromatic carbocycles. The van der Waals surface area contributed by atoms with E-state index in [0.717, 1.165) is 5.75 Å². The molecular weight excluding hydrogens is 274 g/mol. The van der Waals surface area contributed by atoms with Gasteiger partial charge >= 0.3 is 5.97 Å². The van der Waals surface area contributed by atoms with E-state index in [4.69, 9.17) is 14.6 Å². The molecule has 6 heteroatoms. The highest BCUT2D eigenvalue weighted by Gasteiger charge is 2.51. The standard InChI is InChI=1S/C15H19NO5/c1-20-11-4-6-12(7-5-11)21-10-2-3-13(17)16-15(8-9-15)14(18)19/h4-7H,2-3,8-10H2,1H3,(H,16,17)(H,18,19). The molecule has 1 aliphatic rings. The first kappa shape index (κ1) is 15.2. The number of carbonyl (C=O) groups excluding carboxylic acids is 1. The number of aliphatic carboxylic acids is 1. The molecule has 1 aliphatic carbocycles. The number of carboxylic acids is 1. The summed E-state index contributed by atoms with van der Waals surface area (Å²) in [4.78, 5) is 22.6.